The van der Waals surface area contributed by atoms with Crippen molar-refractivity contribution in [3.05, 3.63) is 35.6 Å². The third-order valence-electron chi connectivity index (χ3n) is 5.65. The minimum absolute atomic E-state index is 0.0121. The average Bonchev–Trinajstić information content (AvgIpc) is 2.67. The number of carbonyl (C=O) groups excluding carboxylic acids is 2. The molecular formula is C20H26FNO3. The number of methoxy groups -OCH3 is 1. The Bertz CT molecular complexity index is 608. The lowest BCUT2D eigenvalue weighted by molar-refractivity contribution is -0.149. The van der Waals surface area contributed by atoms with Crippen LogP contribution in [0, 0.1) is 17.7 Å². The van der Waals surface area contributed by atoms with Gasteiger partial charge < -0.3 is 9.64 Å². The molecule has 0 N–H and O–H groups in total. The molecule has 2 aliphatic rings. The van der Waals surface area contributed by atoms with Crippen LogP contribution in [0.15, 0.2) is 24.3 Å². The number of esters is 1. The fourth-order valence-corrected chi connectivity index (χ4v) is 4.20. The quantitative estimate of drug-likeness (QED) is 0.780. The van der Waals surface area contributed by atoms with Crippen molar-refractivity contribution in [2.45, 2.75) is 51.0 Å². The maximum absolute atomic E-state index is 13.2. The van der Waals surface area contributed by atoms with Crippen molar-refractivity contribution >= 4 is 11.9 Å². The Morgan fingerprint density at radius 2 is 1.64 bits per heavy atom. The second-order valence-corrected chi connectivity index (χ2v) is 7.17. The van der Waals surface area contributed by atoms with Gasteiger partial charge in [-0.3, -0.25) is 9.59 Å². The molecule has 1 saturated heterocycles. The predicted octanol–water partition coefficient (Wildman–Crippen LogP) is 3.86. The Hall–Kier alpha value is -1.91. The van der Waals surface area contributed by atoms with Crippen LogP contribution in [0.2, 0.25) is 0 Å². The monoisotopic (exact) mass is 347 g/mol. The van der Waals surface area contributed by atoms with E-state index in [2.05, 4.69) is 0 Å². The summed E-state index contributed by atoms with van der Waals surface area (Å²) < 4.78 is 18.0. The van der Waals surface area contributed by atoms with Gasteiger partial charge in [-0.15, -0.1) is 0 Å². The summed E-state index contributed by atoms with van der Waals surface area (Å²) in [6.07, 6.45) is 5.95. The Kier molecular flexibility index (Phi) is 5.71. The Morgan fingerprint density at radius 3 is 2.28 bits per heavy atom. The zero-order valence-corrected chi connectivity index (χ0v) is 14.7. The summed E-state index contributed by atoms with van der Waals surface area (Å²) in [6, 6.07) is 6.56. The van der Waals surface area contributed by atoms with Gasteiger partial charge in [0.15, 0.2) is 0 Å². The molecule has 2 fully saturated rings. The number of likely N-dealkylation sites (tertiary alicyclic amines) is 1. The standard InChI is InChI=1S/C20H26FNO3/c1-25-20(24)16-7-5-15(6-8-16)19(23)22-13-3-2-4-18(22)14-9-11-17(21)12-10-14/h9-12,15-16,18H,2-8,13H2,1H3. The van der Waals surface area contributed by atoms with Crippen LogP contribution in [0.1, 0.15) is 56.6 Å². The van der Waals surface area contributed by atoms with Gasteiger partial charge in [0, 0.05) is 12.5 Å². The highest BCUT2D eigenvalue weighted by atomic mass is 19.1. The van der Waals surface area contributed by atoms with Crippen LogP contribution in [0.25, 0.3) is 0 Å². The molecule has 1 amide bonds. The van der Waals surface area contributed by atoms with E-state index < -0.39 is 0 Å². The number of hydrogen-bond donors (Lipinski definition) is 0. The number of benzene rings is 1. The van der Waals surface area contributed by atoms with Crippen LogP contribution in [0.4, 0.5) is 4.39 Å². The molecule has 1 aliphatic carbocycles. The van der Waals surface area contributed by atoms with E-state index in [0.717, 1.165) is 57.1 Å². The van der Waals surface area contributed by atoms with Crippen LogP contribution in [-0.4, -0.2) is 30.4 Å². The molecule has 1 heterocycles. The number of amides is 1. The molecule has 0 spiro atoms. The molecule has 3 rings (SSSR count). The number of halogens is 1. The molecular weight excluding hydrogens is 321 g/mol. The van der Waals surface area contributed by atoms with Gasteiger partial charge in [-0.1, -0.05) is 12.1 Å². The first-order valence-corrected chi connectivity index (χ1v) is 9.24. The van der Waals surface area contributed by atoms with E-state index in [-0.39, 0.29) is 35.6 Å². The van der Waals surface area contributed by atoms with Crippen molar-refractivity contribution in [3.63, 3.8) is 0 Å². The Labute approximate surface area is 148 Å². The SMILES string of the molecule is COC(=O)C1CCC(C(=O)N2CCCCC2c2ccc(F)cc2)CC1. The van der Waals surface area contributed by atoms with E-state index in [1.165, 1.54) is 19.2 Å². The molecule has 1 atom stereocenters. The molecule has 0 aromatic heterocycles. The molecule has 5 heteroatoms. The second kappa shape index (κ2) is 7.98. The van der Waals surface area contributed by atoms with E-state index >= 15 is 0 Å². The Morgan fingerprint density at radius 1 is 1.00 bits per heavy atom. The number of hydrogen-bond acceptors (Lipinski definition) is 3. The van der Waals surface area contributed by atoms with Crippen molar-refractivity contribution in [3.8, 4) is 0 Å². The minimum atomic E-state index is -0.251. The first-order valence-electron chi connectivity index (χ1n) is 9.24. The number of piperidine rings is 1. The molecule has 4 nitrogen and oxygen atoms in total. The molecule has 136 valence electrons. The van der Waals surface area contributed by atoms with Crippen molar-refractivity contribution < 1.29 is 18.7 Å². The first kappa shape index (κ1) is 17.9. The fourth-order valence-electron chi connectivity index (χ4n) is 4.20. The van der Waals surface area contributed by atoms with E-state index in [0.29, 0.717) is 0 Å². The summed E-state index contributed by atoms with van der Waals surface area (Å²) in [5.74, 6) is -0.297. The lowest BCUT2D eigenvalue weighted by Gasteiger charge is -2.39. The van der Waals surface area contributed by atoms with E-state index in [1.807, 2.05) is 4.90 Å². The molecule has 1 aromatic rings. The number of ether oxygens (including phenoxy) is 1. The third kappa shape index (κ3) is 4.02. The average molecular weight is 347 g/mol. The maximum Gasteiger partial charge on any atom is 0.308 e. The van der Waals surface area contributed by atoms with Crippen molar-refractivity contribution in [1.29, 1.82) is 0 Å². The van der Waals surface area contributed by atoms with E-state index in [9.17, 15) is 14.0 Å². The molecule has 1 aromatic carbocycles. The van der Waals surface area contributed by atoms with Crippen LogP contribution in [-0.2, 0) is 14.3 Å². The lowest BCUT2D eigenvalue weighted by Crippen LogP contribution is -2.43. The zero-order valence-electron chi connectivity index (χ0n) is 14.7. The summed E-state index contributed by atoms with van der Waals surface area (Å²) in [5, 5.41) is 0. The van der Waals surface area contributed by atoms with Gasteiger partial charge in [0.1, 0.15) is 5.82 Å². The van der Waals surface area contributed by atoms with Crippen LogP contribution in [0.5, 0.6) is 0 Å². The summed E-state index contributed by atoms with van der Waals surface area (Å²) in [5.41, 5.74) is 1.01. The van der Waals surface area contributed by atoms with E-state index in [4.69, 9.17) is 4.74 Å². The van der Waals surface area contributed by atoms with Crippen molar-refractivity contribution in [1.82, 2.24) is 4.90 Å². The number of carbonyl (C=O) groups is 2. The number of rotatable bonds is 3. The van der Waals surface area contributed by atoms with Gasteiger partial charge in [0.05, 0.1) is 19.1 Å². The zero-order chi connectivity index (χ0) is 17.8. The molecule has 25 heavy (non-hydrogen) atoms. The van der Waals surface area contributed by atoms with Gasteiger partial charge in [-0.05, 0) is 62.6 Å². The maximum atomic E-state index is 13.2. The first-order chi connectivity index (χ1) is 12.1. The summed E-state index contributed by atoms with van der Waals surface area (Å²) in [6.45, 7) is 0.762. The summed E-state index contributed by atoms with van der Waals surface area (Å²) >= 11 is 0. The third-order valence-corrected chi connectivity index (χ3v) is 5.65. The summed E-state index contributed by atoms with van der Waals surface area (Å²) in [7, 11) is 1.42. The van der Waals surface area contributed by atoms with Gasteiger partial charge in [-0.2, -0.15) is 0 Å². The Balaban J connectivity index is 1.67. The minimum Gasteiger partial charge on any atom is -0.469 e. The molecule has 1 saturated carbocycles. The normalized spacial score (nSPS) is 27.0. The van der Waals surface area contributed by atoms with Gasteiger partial charge in [0.25, 0.3) is 0 Å². The van der Waals surface area contributed by atoms with Crippen LogP contribution in [0.3, 0.4) is 0 Å². The second-order valence-electron chi connectivity index (χ2n) is 7.17. The van der Waals surface area contributed by atoms with Gasteiger partial charge in [0.2, 0.25) is 5.91 Å². The number of nitrogens with zero attached hydrogens (tertiary/aromatic N) is 1. The highest BCUT2D eigenvalue weighted by Gasteiger charge is 2.36. The smallest absolute Gasteiger partial charge is 0.308 e. The van der Waals surface area contributed by atoms with Crippen molar-refractivity contribution in [2.24, 2.45) is 11.8 Å². The fraction of sp³-hybridized carbons (Fsp3) is 0.600. The van der Waals surface area contributed by atoms with Crippen LogP contribution >= 0.6 is 0 Å². The molecule has 1 unspecified atom stereocenters. The van der Waals surface area contributed by atoms with Gasteiger partial charge in [-0.25, -0.2) is 4.39 Å². The van der Waals surface area contributed by atoms with Gasteiger partial charge >= 0.3 is 5.97 Å². The largest absolute Gasteiger partial charge is 0.469 e. The molecule has 0 bridgehead atoms. The molecule has 0 radical (unpaired) electrons. The van der Waals surface area contributed by atoms with E-state index in [1.54, 1.807) is 12.1 Å². The molecule has 1 aliphatic heterocycles. The predicted molar refractivity (Wildman–Crippen MR) is 92.2 cm³/mol. The van der Waals surface area contributed by atoms with Crippen molar-refractivity contribution in [2.75, 3.05) is 13.7 Å². The van der Waals surface area contributed by atoms with Crippen LogP contribution < -0.4 is 0 Å². The lowest BCUT2D eigenvalue weighted by atomic mass is 9.80. The highest BCUT2D eigenvalue weighted by Crippen LogP contribution is 2.36. The summed E-state index contributed by atoms with van der Waals surface area (Å²) in [4.78, 5) is 26.7. The topological polar surface area (TPSA) is 46.6 Å². The highest BCUT2D eigenvalue weighted by molar-refractivity contribution is 5.80.